The third kappa shape index (κ3) is 4.08. The minimum absolute atomic E-state index is 0.327. The van der Waals surface area contributed by atoms with E-state index >= 15 is 0 Å². The normalized spacial score (nSPS) is 13.1. The SMILES string of the molecule is CCN(CC)C(=O)N[C@H](C(=O)O)C(C)(C)C. The zero-order valence-electron chi connectivity index (χ0n) is 10.7. The van der Waals surface area contributed by atoms with Gasteiger partial charge in [-0.25, -0.2) is 9.59 Å². The van der Waals surface area contributed by atoms with Gasteiger partial charge in [-0.2, -0.15) is 0 Å². The van der Waals surface area contributed by atoms with E-state index in [-0.39, 0.29) is 6.03 Å². The number of amides is 2. The molecule has 0 aromatic carbocycles. The van der Waals surface area contributed by atoms with E-state index in [0.717, 1.165) is 0 Å². The van der Waals surface area contributed by atoms with Crippen LogP contribution < -0.4 is 5.32 Å². The number of nitrogens with zero attached hydrogens (tertiary/aromatic N) is 1. The molecule has 0 saturated carbocycles. The smallest absolute Gasteiger partial charge is 0.326 e. The minimum Gasteiger partial charge on any atom is -0.480 e. The van der Waals surface area contributed by atoms with Crippen molar-refractivity contribution in [1.82, 2.24) is 10.2 Å². The molecule has 0 radical (unpaired) electrons. The third-order valence-corrected chi connectivity index (χ3v) is 2.43. The van der Waals surface area contributed by atoms with Crippen LogP contribution in [0.5, 0.6) is 0 Å². The number of nitrogens with one attached hydrogen (secondary N) is 1. The largest absolute Gasteiger partial charge is 0.480 e. The molecule has 2 N–H and O–H groups in total. The van der Waals surface area contributed by atoms with Crippen LogP contribution >= 0.6 is 0 Å². The van der Waals surface area contributed by atoms with Gasteiger partial charge < -0.3 is 15.3 Å². The van der Waals surface area contributed by atoms with Crippen LogP contribution in [-0.2, 0) is 4.79 Å². The van der Waals surface area contributed by atoms with E-state index in [1.54, 1.807) is 25.7 Å². The fourth-order valence-electron chi connectivity index (χ4n) is 1.37. The van der Waals surface area contributed by atoms with Gasteiger partial charge in [0.2, 0.25) is 0 Å². The maximum Gasteiger partial charge on any atom is 0.326 e. The van der Waals surface area contributed by atoms with E-state index in [2.05, 4.69) is 5.32 Å². The van der Waals surface area contributed by atoms with Crippen LogP contribution in [0.2, 0.25) is 0 Å². The molecular formula is C11H22N2O3. The van der Waals surface area contributed by atoms with Crippen molar-refractivity contribution >= 4 is 12.0 Å². The Balaban J connectivity index is 4.65. The zero-order valence-corrected chi connectivity index (χ0v) is 10.7. The molecule has 0 aromatic rings. The summed E-state index contributed by atoms with van der Waals surface area (Å²) in [7, 11) is 0. The number of rotatable bonds is 4. The summed E-state index contributed by atoms with van der Waals surface area (Å²) in [6, 6.07) is -1.20. The highest BCUT2D eigenvalue weighted by Gasteiger charge is 2.33. The van der Waals surface area contributed by atoms with Crippen molar-refractivity contribution in [2.75, 3.05) is 13.1 Å². The van der Waals surface area contributed by atoms with Gasteiger partial charge >= 0.3 is 12.0 Å². The predicted molar refractivity (Wildman–Crippen MR) is 62.3 cm³/mol. The molecule has 5 nitrogen and oxygen atoms in total. The summed E-state index contributed by atoms with van der Waals surface area (Å²) in [5.41, 5.74) is -0.505. The second-order valence-electron chi connectivity index (χ2n) is 4.76. The summed E-state index contributed by atoms with van der Waals surface area (Å²) in [6.45, 7) is 10.2. The lowest BCUT2D eigenvalue weighted by molar-refractivity contribution is -0.142. The number of hydrogen-bond acceptors (Lipinski definition) is 2. The Morgan fingerprint density at radius 3 is 1.94 bits per heavy atom. The molecule has 0 fully saturated rings. The molecule has 0 aliphatic heterocycles. The molecule has 0 unspecified atom stereocenters. The van der Waals surface area contributed by atoms with E-state index in [4.69, 9.17) is 5.11 Å². The Labute approximate surface area is 96.8 Å². The van der Waals surface area contributed by atoms with Crippen LogP contribution in [0.25, 0.3) is 0 Å². The Bertz CT molecular complexity index is 254. The lowest BCUT2D eigenvalue weighted by Gasteiger charge is -2.30. The van der Waals surface area contributed by atoms with E-state index in [9.17, 15) is 9.59 Å². The Hall–Kier alpha value is -1.26. The van der Waals surface area contributed by atoms with Gasteiger partial charge in [0.1, 0.15) is 6.04 Å². The average Bonchev–Trinajstić information content (AvgIpc) is 2.13. The van der Waals surface area contributed by atoms with Gasteiger partial charge in [0.05, 0.1) is 0 Å². The molecule has 0 aromatic heterocycles. The summed E-state index contributed by atoms with van der Waals surface area (Å²) in [6.07, 6.45) is 0. The Morgan fingerprint density at radius 2 is 1.69 bits per heavy atom. The summed E-state index contributed by atoms with van der Waals surface area (Å²) in [4.78, 5) is 24.3. The lowest BCUT2D eigenvalue weighted by Crippen LogP contribution is -2.53. The van der Waals surface area contributed by atoms with Crippen LogP contribution in [0, 0.1) is 5.41 Å². The van der Waals surface area contributed by atoms with Crippen molar-refractivity contribution in [3.05, 3.63) is 0 Å². The molecule has 0 aliphatic rings. The van der Waals surface area contributed by atoms with Crippen molar-refractivity contribution in [3.8, 4) is 0 Å². The van der Waals surface area contributed by atoms with Gasteiger partial charge in [0.25, 0.3) is 0 Å². The van der Waals surface area contributed by atoms with E-state index in [0.29, 0.717) is 13.1 Å². The van der Waals surface area contributed by atoms with E-state index in [1.807, 2.05) is 13.8 Å². The summed E-state index contributed by atoms with van der Waals surface area (Å²) in [5.74, 6) is -1.01. The van der Waals surface area contributed by atoms with Gasteiger partial charge in [0, 0.05) is 13.1 Å². The van der Waals surface area contributed by atoms with Gasteiger partial charge in [-0.1, -0.05) is 20.8 Å². The first-order chi connectivity index (χ1) is 7.23. The molecule has 0 saturated heterocycles. The van der Waals surface area contributed by atoms with Crippen LogP contribution in [0.15, 0.2) is 0 Å². The molecule has 0 bridgehead atoms. The maximum atomic E-state index is 11.7. The van der Waals surface area contributed by atoms with Crippen molar-refractivity contribution in [1.29, 1.82) is 0 Å². The van der Waals surface area contributed by atoms with Crippen molar-refractivity contribution in [2.45, 2.75) is 40.7 Å². The van der Waals surface area contributed by atoms with Crippen molar-refractivity contribution < 1.29 is 14.7 Å². The molecule has 94 valence electrons. The molecule has 5 heteroatoms. The third-order valence-electron chi connectivity index (χ3n) is 2.43. The van der Waals surface area contributed by atoms with Crippen molar-refractivity contribution in [3.63, 3.8) is 0 Å². The zero-order chi connectivity index (χ0) is 12.9. The topological polar surface area (TPSA) is 69.6 Å². The molecular weight excluding hydrogens is 208 g/mol. The molecule has 1 atom stereocenters. The highest BCUT2D eigenvalue weighted by molar-refractivity contribution is 5.83. The standard InChI is InChI=1S/C11H22N2O3/c1-6-13(7-2)10(16)12-8(9(14)15)11(3,4)5/h8H,6-7H2,1-5H3,(H,12,16)(H,14,15)/t8-/m1/s1. The Kier molecular flexibility index (Phi) is 5.27. The quantitative estimate of drug-likeness (QED) is 0.769. The number of aliphatic carboxylic acids is 1. The van der Waals surface area contributed by atoms with Gasteiger partial charge in [-0.3, -0.25) is 0 Å². The van der Waals surface area contributed by atoms with Crippen LogP contribution in [0.1, 0.15) is 34.6 Å². The fourth-order valence-corrected chi connectivity index (χ4v) is 1.37. The Morgan fingerprint density at radius 1 is 1.25 bits per heavy atom. The highest BCUT2D eigenvalue weighted by Crippen LogP contribution is 2.19. The highest BCUT2D eigenvalue weighted by atomic mass is 16.4. The lowest BCUT2D eigenvalue weighted by atomic mass is 9.87. The molecule has 16 heavy (non-hydrogen) atoms. The summed E-state index contributed by atoms with van der Waals surface area (Å²) >= 11 is 0. The van der Waals surface area contributed by atoms with Crippen LogP contribution in [0.3, 0.4) is 0 Å². The fraction of sp³-hybridized carbons (Fsp3) is 0.818. The van der Waals surface area contributed by atoms with Crippen LogP contribution in [-0.4, -0.2) is 41.1 Å². The first kappa shape index (κ1) is 14.7. The van der Waals surface area contributed by atoms with Gasteiger partial charge in [-0.15, -0.1) is 0 Å². The average molecular weight is 230 g/mol. The van der Waals surface area contributed by atoms with Gasteiger partial charge in [-0.05, 0) is 19.3 Å². The first-order valence-corrected chi connectivity index (χ1v) is 5.52. The number of urea groups is 1. The molecule has 0 heterocycles. The monoisotopic (exact) mass is 230 g/mol. The van der Waals surface area contributed by atoms with Crippen molar-refractivity contribution in [2.24, 2.45) is 5.41 Å². The van der Waals surface area contributed by atoms with E-state index in [1.165, 1.54) is 0 Å². The first-order valence-electron chi connectivity index (χ1n) is 5.52. The predicted octanol–water partition coefficient (Wildman–Crippen LogP) is 1.54. The summed E-state index contributed by atoms with van der Waals surface area (Å²) in [5, 5.41) is 11.6. The maximum absolute atomic E-state index is 11.7. The number of carbonyl (C=O) groups is 2. The second-order valence-corrected chi connectivity index (χ2v) is 4.76. The van der Waals surface area contributed by atoms with Crippen LogP contribution in [0.4, 0.5) is 4.79 Å². The number of carboxylic acids is 1. The number of hydrogen-bond donors (Lipinski definition) is 2. The molecule has 0 spiro atoms. The molecule has 0 aliphatic carbocycles. The summed E-state index contributed by atoms with van der Waals surface area (Å²) < 4.78 is 0. The molecule has 2 amide bonds. The molecule has 0 rings (SSSR count). The minimum atomic E-state index is -1.01. The second kappa shape index (κ2) is 5.72. The van der Waals surface area contributed by atoms with E-state index < -0.39 is 17.4 Å². The number of carbonyl (C=O) groups excluding carboxylic acids is 1. The number of carboxylic acid groups (broad SMARTS) is 1. The van der Waals surface area contributed by atoms with Gasteiger partial charge in [0.15, 0.2) is 0 Å².